The molecule has 3 aromatic rings. The first-order valence-corrected chi connectivity index (χ1v) is 9.89. The summed E-state index contributed by atoms with van der Waals surface area (Å²) in [6.45, 7) is 3.96. The molecule has 0 spiro atoms. The van der Waals surface area contributed by atoms with Gasteiger partial charge in [0.1, 0.15) is 11.5 Å². The lowest BCUT2D eigenvalue weighted by molar-refractivity contribution is 0.102. The number of hydrogen-bond donors (Lipinski definition) is 2. The van der Waals surface area contributed by atoms with E-state index in [1.54, 1.807) is 16.7 Å². The summed E-state index contributed by atoms with van der Waals surface area (Å²) in [5.74, 6) is 1.81. The number of piperidine rings is 1. The first kappa shape index (κ1) is 16.4. The molecule has 0 aliphatic carbocycles. The number of carbonyl (C=O) groups is 1. The van der Waals surface area contributed by atoms with Crippen molar-refractivity contribution in [2.75, 3.05) is 18.4 Å². The fourth-order valence-corrected chi connectivity index (χ4v) is 4.58. The highest BCUT2D eigenvalue weighted by molar-refractivity contribution is 7.16. The maximum Gasteiger partial charge on any atom is 0.276 e. The van der Waals surface area contributed by atoms with Crippen molar-refractivity contribution in [3.63, 3.8) is 0 Å². The van der Waals surface area contributed by atoms with Crippen LogP contribution in [0.4, 0.5) is 5.13 Å². The number of nitrogens with one attached hydrogen (secondary N) is 2. The molecule has 0 atom stereocenters. The van der Waals surface area contributed by atoms with Crippen molar-refractivity contribution in [2.45, 2.75) is 25.7 Å². The molecule has 3 aromatic heterocycles. The predicted octanol–water partition coefficient (Wildman–Crippen LogP) is 3.89. The molecule has 8 heteroatoms. The molecule has 0 unspecified atom stereocenters. The topological polar surface area (TPSA) is 80.0 Å². The van der Waals surface area contributed by atoms with Gasteiger partial charge in [0.25, 0.3) is 5.91 Å². The third-order valence-corrected chi connectivity index (χ3v) is 6.11. The van der Waals surface area contributed by atoms with Crippen LogP contribution in [0.25, 0.3) is 10.8 Å². The Hall–Kier alpha value is -2.03. The quantitative estimate of drug-likeness (QED) is 0.724. The number of rotatable bonds is 4. The van der Waals surface area contributed by atoms with Gasteiger partial charge in [-0.05, 0) is 50.9 Å². The molecule has 25 heavy (non-hydrogen) atoms. The Bertz CT molecular complexity index is 877. The van der Waals surface area contributed by atoms with Crippen LogP contribution >= 0.6 is 22.7 Å². The van der Waals surface area contributed by atoms with Crippen LogP contribution in [0.2, 0.25) is 0 Å². The number of amides is 1. The van der Waals surface area contributed by atoms with Gasteiger partial charge in [-0.15, -0.1) is 22.7 Å². The Kier molecular flexibility index (Phi) is 4.65. The number of carbonyl (C=O) groups excluding carboxylic acids is 1. The summed E-state index contributed by atoms with van der Waals surface area (Å²) in [7, 11) is 0. The lowest BCUT2D eigenvalue weighted by atomic mass is 9.97. The minimum absolute atomic E-state index is 0.239. The van der Waals surface area contributed by atoms with Gasteiger partial charge in [0.05, 0.1) is 0 Å². The number of hydrogen-bond acceptors (Lipinski definition) is 7. The van der Waals surface area contributed by atoms with Gasteiger partial charge in [0, 0.05) is 16.5 Å². The van der Waals surface area contributed by atoms with Crippen molar-refractivity contribution in [1.29, 1.82) is 0 Å². The average molecular weight is 374 g/mol. The van der Waals surface area contributed by atoms with Crippen molar-refractivity contribution in [3.05, 3.63) is 40.0 Å². The second-order valence-corrected chi connectivity index (χ2v) is 7.91. The molecule has 0 radical (unpaired) electrons. The van der Waals surface area contributed by atoms with Crippen LogP contribution < -0.4 is 10.6 Å². The maximum atomic E-state index is 12.4. The minimum Gasteiger partial charge on any atom is -0.459 e. The molecule has 0 saturated carbocycles. The van der Waals surface area contributed by atoms with Gasteiger partial charge < -0.3 is 9.73 Å². The van der Waals surface area contributed by atoms with Crippen LogP contribution in [0.5, 0.6) is 0 Å². The van der Waals surface area contributed by atoms with Gasteiger partial charge in [-0.2, -0.15) is 0 Å². The summed E-state index contributed by atoms with van der Waals surface area (Å²) in [6.07, 6.45) is 4.12. The second-order valence-electron chi connectivity index (χ2n) is 5.99. The van der Waals surface area contributed by atoms with E-state index in [1.807, 2.05) is 25.3 Å². The Morgan fingerprint density at radius 2 is 2.20 bits per heavy atom. The SMILES string of the molecule is Cc1ccc(-c2nc(C(=O)Nc3ncc(C4CCNCC4)s3)cs2)o1. The number of aromatic nitrogens is 2. The maximum absolute atomic E-state index is 12.4. The van der Waals surface area contributed by atoms with E-state index in [0.717, 1.165) is 31.7 Å². The fourth-order valence-electron chi connectivity index (χ4n) is 2.84. The summed E-state index contributed by atoms with van der Waals surface area (Å²) in [5.41, 5.74) is 0.382. The summed E-state index contributed by atoms with van der Waals surface area (Å²) in [5, 5.41) is 9.28. The lowest BCUT2D eigenvalue weighted by Crippen LogP contribution is -2.26. The van der Waals surface area contributed by atoms with Crippen LogP contribution in [-0.2, 0) is 0 Å². The molecule has 1 aliphatic heterocycles. The zero-order valence-corrected chi connectivity index (χ0v) is 15.4. The third kappa shape index (κ3) is 3.65. The van der Waals surface area contributed by atoms with Crippen LogP contribution in [0, 0.1) is 6.92 Å². The van der Waals surface area contributed by atoms with Crippen molar-refractivity contribution >= 4 is 33.7 Å². The Labute approximate surface area is 153 Å². The van der Waals surface area contributed by atoms with Crippen LogP contribution in [0.15, 0.2) is 28.1 Å². The van der Waals surface area contributed by atoms with Gasteiger partial charge in [-0.3, -0.25) is 10.1 Å². The van der Waals surface area contributed by atoms with E-state index >= 15 is 0 Å². The highest BCUT2D eigenvalue weighted by atomic mass is 32.1. The molecule has 2 N–H and O–H groups in total. The summed E-state index contributed by atoms with van der Waals surface area (Å²) >= 11 is 2.95. The number of nitrogens with zero attached hydrogens (tertiary/aromatic N) is 2. The summed E-state index contributed by atoms with van der Waals surface area (Å²) in [6, 6.07) is 3.75. The first-order chi connectivity index (χ1) is 12.2. The monoisotopic (exact) mass is 374 g/mol. The molecule has 1 saturated heterocycles. The lowest BCUT2D eigenvalue weighted by Gasteiger charge is -2.20. The molecule has 130 valence electrons. The smallest absolute Gasteiger partial charge is 0.276 e. The molecule has 0 bridgehead atoms. The van der Waals surface area contributed by atoms with E-state index in [2.05, 4.69) is 20.6 Å². The van der Waals surface area contributed by atoms with Crippen molar-refractivity contribution in [2.24, 2.45) is 0 Å². The number of thiazole rings is 2. The normalized spacial score (nSPS) is 15.4. The van der Waals surface area contributed by atoms with E-state index in [4.69, 9.17) is 4.42 Å². The zero-order valence-electron chi connectivity index (χ0n) is 13.7. The van der Waals surface area contributed by atoms with Crippen LogP contribution in [-0.4, -0.2) is 29.0 Å². The highest BCUT2D eigenvalue weighted by Gasteiger charge is 2.19. The van der Waals surface area contributed by atoms with Gasteiger partial charge in [0.15, 0.2) is 15.9 Å². The Morgan fingerprint density at radius 1 is 1.36 bits per heavy atom. The largest absolute Gasteiger partial charge is 0.459 e. The fraction of sp³-hybridized carbons (Fsp3) is 0.353. The number of aryl methyl sites for hydroxylation is 1. The molecule has 4 heterocycles. The molecule has 1 aliphatic rings. The van der Waals surface area contributed by atoms with E-state index < -0.39 is 0 Å². The molecule has 4 rings (SSSR count). The highest BCUT2D eigenvalue weighted by Crippen LogP contribution is 2.32. The molecule has 1 fully saturated rings. The van der Waals surface area contributed by atoms with E-state index in [0.29, 0.717) is 27.5 Å². The molecule has 1 amide bonds. The van der Waals surface area contributed by atoms with Gasteiger partial charge in [-0.1, -0.05) is 0 Å². The molecular formula is C17H18N4O2S2. The van der Waals surface area contributed by atoms with E-state index in [-0.39, 0.29) is 5.91 Å². The predicted molar refractivity (Wildman–Crippen MR) is 99.5 cm³/mol. The minimum atomic E-state index is -0.239. The summed E-state index contributed by atoms with van der Waals surface area (Å²) < 4.78 is 5.55. The Morgan fingerprint density at radius 3 is 2.96 bits per heavy atom. The summed E-state index contributed by atoms with van der Waals surface area (Å²) in [4.78, 5) is 22.4. The number of furan rings is 1. The van der Waals surface area contributed by atoms with Crippen molar-refractivity contribution in [1.82, 2.24) is 15.3 Å². The molecule has 0 aromatic carbocycles. The number of anilines is 1. The zero-order chi connectivity index (χ0) is 17.2. The van der Waals surface area contributed by atoms with Crippen molar-refractivity contribution in [3.8, 4) is 10.8 Å². The average Bonchev–Trinajstić information content (AvgIpc) is 3.35. The third-order valence-electron chi connectivity index (χ3n) is 4.17. The standard InChI is InChI=1S/C17H18N4O2S2/c1-10-2-3-13(23-10)16-20-12(9-24-16)15(22)21-17-19-8-14(25-17)11-4-6-18-7-5-11/h2-3,8-9,11,18H,4-7H2,1H3,(H,19,21,22). The van der Waals surface area contributed by atoms with E-state index in [9.17, 15) is 4.79 Å². The van der Waals surface area contributed by atoms with Crippen LogP contribution in [0.1, 0.15) is 39.9 Å². The van der Waals surface area contributed by atoms with Crippen LogP contribution in [0.3, 0.4) is 0 Å². The first-order valence-electron chi connectivity index (χ1n) is 8.19. The molecule has 6 nitrogen and oxygen atoms in total. The van der Waals surface area contributed by atoms with Crippen molar-refractivity contribution < 1.29 is 9.21 Å². The van der Waals surface area contributed by atoms with Gasteiger partial charge >= 0.3 is 0 Å². The second kappa shape index (κ2) is 7.07. The molecular weight excluding hydrogens is 356 g/mol. The van der Waals surface area contributed by atoms with Gasteiger partial charge in [0.2, 0.25) is 0 Å². The van der Waals surface area contributed by atoms with E-state index in [1.165, 1.54) is 16.2 Å². The Balaban J connectivity index is 1.43. The van der Waals surface area contributed by atoms with Gasteiger partial charge in [-0.25, -0.2) is 9.97 Å².